The van der Waals surface area contributed by atoms with Gasteiger partial charge in [-0.1, -0.05) is 20.8 Å². The van der Waals surface area contributed by atoms with E-state index in [2.05, 4.69) is 27.7 Å². The molecule has 11 heteroatoms. The van der Waals surface area contributed by atoms with Crippen LogP contribution >= 0.6 is 0 Å². The zero-order chi connectivity index (χ0) is 25.7. The van der Waals surface area contributed by atoms with Gasteiger partial charge in [-0.3, -0.25) is 19.6 Å². The predicted octanol–water partition coefficient (Wildman–Crippen LogP) is 2.05. The van der Waals surface area contributed by atoms with Crippen LogP contribution in [0.5, 0.6) is 0 Å². The van der Waals surface area contributed by atoms with Crippen molar-refractivity contribution in [1.29, 1.82) is 0 Å². The average molecular weight is 499 g/mol. The molecule has 196 valence electrons. The van der Waals surface area contributed by atoms with Gasteiger partial charge in [-0.15, -0.1) is 0 Å². The molecular formula is C24H37F3N6O2. The second-order valence-electron chi connectivity index (χ2n) is 11.4. The number of nitrogens with zero attached hydrogens (tertiary/aromatic N) is 4. The third kappa shape index (κ3) is 5.20. The van der Waals surface area contributed by atoms with Gasteiger partial charge in [0.25, 0.3) is 0 Å². The monoisotopic (exact) mass is 498 g/mol. The summed E-state index contributed by atoms with van der Waals surface area (Å²) in [6, 6.07) is -0.559. The van der Waals surface area contributed by atoms with Crippen LogP contribution in [0.25, 0.3) is 0 Å². The maximum Gasteiger partial charge on any atom is 0.407 e. The molecule has 0 aromatic rings. The Labute approximate surface area is 204 Å². The first-order chi connectivity index (χ1) is 16.3. The van der Waals surface area contributed by atoms with Crippen molar-refractivity contribution in [2.24, 2.45) is 33.8 Å². The highest BCUT2D eigenvalue weighted by Gasteiger charge is 2.59. The quantitative estimate of drug-likeness (QED) is 0.607. The Kier molecular flexibility index (Phi) is 6.93. The molecule has 4 heterocycles. The highest BCUT2D eigenvalue weighted by atomic mass is 19.4. The molecule has 8 nitrogen and oxygen atoms in total. The smallest absolute Gasteiger partial charge is 0.351 e. The Bertz CT molecular complexity index is 889. The first kappa shape index (κ1) is 25.9. The molecule has 4 aliphatic rings. The lowest BCUT2D eigenvalue weighted by Crippen LogP contribution is -2.62. The lowest BCUT2D eigenvalue weighted by Gasteiger charge is -2.45. The van der Waals surface area contributed by atoms with E-state index in [0.717, 1.165) is 17.9 Å². The summed E-state index contributed by atoms with van der Waals surface area (Å²) < 4.78 is 38.6. The van der Waals surface area contributed by atoms with Gasteiger partial charge < -0.3 is 15.5 Å². The molecule has 7 unspecified atom stereocenters. The van der Waals surface area contributed by atoms with E-state index in [0.29, 0.717) is 6.54 Å². The van der Waals surface area contributed by atoms with E-state index < -0.39 is 24.3 Å². The van der Waals surface area contributed by atoms with Crippen LogP contribution in [0.2, 0.25) is 0 Å². The minimum absolute atomic E-state index is 0.0150. The van der Waals surface area contributed by atoms with Crippen molar-refractivity contribution in [3.8, 4) is 0 Å². The molecule has 0 saturated carbocycles. The van der Waals surface area contributed by atoms with Crippen molar-refractivity contribution < 1.29 is 22.8 Å². The van der Waals surface area contributed by atoms with E-state index in [4.69, 9.17) is 0 Å². The predicted molar refractivity (Wildman–Crippen MR) is 127 cm³/mol. The van der Waals surface area contributed by atoms with Gasteiger partial charge in [0.15, 0.2) is 0 Å². The molecule has 35 heavy (non-hydrogen) atoms. The third-order valence-corrected chi connectivity index (χ3v) is 7.96. The molecule has 2 fully saturated rings. The summed E-state index contributed by atoms with van der Waals surface area (Å²) in [5, 5.41) is 11.7. The molecule has 0 aromatic heterocycles. The first-order valence-electron chi connectivity index (χ1n) is 12.5. The summed E-state index contributed by atoms with van der Waals surface area (Å²) in [6.45, 7) is 9.27. The topological polar surface area (TPSA) is 89.4 Å². The van der Waals surface area contributed by atoms with Crippen molar-refractivity contribution in [2.75, 3.05) is 19.6 Å². The van der Waals surface area contributed by atoms with Crippen molar-refractivity contribution in [3.05, 3.63) is 0 Å². The summed E-state index contributed by atoms with van der Waals surface area (Å²) in [4.78, 5) is 32.0. The minimum Gasteiger partial charge on any atom is -0.351 e. The number of carbonyl (C=O) groups is 2. The SMILES string of the molecule is CC(C)C(=O)NC1CN=CC(C2CC(C)C3C(=O)N(C4C=NN(CC(F)(F)F)C4)C(C)(C)C3N2)C1. The van der Waals surface area contributed by atoms with Gasteiger partial charge in [-0.25, -0.2) is 0 Å². The summed E-state index contributed by atoms with van der Waals surface area (Å²) in [5.41, 5.74) is -0.601. The number of hydrogen-bond donors (Lipinski definition) is 2. The fourth-order valence-electron chi connectivity index (χ4n) is 6.26. The number of amides is 2. The van der Waals surface area contributed by atoms with Gasteiger partial charge in [-0.05, 0) is 32.6 Å². The van der Waals surface area contributed by atoms with Crippen LogP contribution in [-0.4, -0.2) is 89.7 Å². The number of hydrogen-bond acceptors (Lipinski definition) is 6. The number of aliphatic imine (C=N–C) groups is 1. The van der Waals surface area contributed by atoms with E-state index in [9.17, 15) is 22.8 Å². The zero-order valence-electron chi connectivity index (χ0n) is 21.0. The number of likely N-dealkylation sites (tertiary alicyclic amines) is 1. The molecule has 7 atom stereocenters. The van der Waals surface area contributed by atoms with Crippen molar-refractivity contribution in [3.63, 3.8) is 0 Å². The second-order valence-corrected chi connectivity index (χ2v) is 11.4. The summed E-state index contributed by atoms with van der Waals surface area (Å²) in [7, 11) is 0. The van der Waals surface area contributed by atoms with E-state index in [1.165, 1.54) is 6.21 Å². The van der Waals surface area contributed by atoms with Gasteiger partial charge in [-0.2, -0.15) is 18.3 Å². The summed E-state index contributed by atoms with van der Waals surface area (Å²) in [6.07, 6.45) is 0.673. The molecule has 0 bridgehead atoms. The van der Waals surface area contributed by atoms with E-state index >= 15 is 0 Å². The van der Waals surface area contributed by atoms with Gasteiger partial charge in [0.2, 0.25) is 11.8 Å². The van der Waals surface area contributed by atoms with E-state index in [1.807, 2.05) is 33.9 Å². The number of halogens is 3. The van der Waals surface area contributed by atoms with E-state index in [1.54, 1.807) is 4.90 Å². The molecule has 4 aliphatic heterocycles. The van der Waals surface area contributed by atoms with Crippen LogP contribution in [0.1, 0.15) is 47.5 Å². The highest BCUT2D eigenvalue weighted by molar-refractivity contribution is 5.88. The third-order valence-electron chi connectivity index (χ3n) is 7.96. The fourth-order valence-corrected chi connectivity index (χ4v) is 6.26. The lowest BCUT2D eigenvalue weighted by molar-refractivity contribution is -0.146. The molecule has 0 radical (unpaired) electrons. The molecule has 0 spiro atoms. The van der Waals surface area contributed by atoms with Crippen molar-refractivity contribution in [2.45, 2.75) is 83.3 Å². The Balaban J connectivity index is 1.46. The summed E-state index contributed by atoms with van der Waals surface area (Å²) >= 11 is 0. The molecular weight excluding hydrogens is 461 g/mol. The Morgan fingerprint density at radius 2 is 2.00 bits per heavy atom. The highest BCUT2D eigenvalue weighted by Crippen LogP contribution is 2.45. The van der Waals surface area contributed by atoms with Gasteiger partial charge >= 0.3 is 6.18 Å². The van der Waals surface area contributed by atoms with Crippen LogP contribution in [-0.2, 0) is 9.59 Å². The van der Waals surface area contributed by atoms with Crippen LogP contribution < -0.4 is 10.6 Å². The number of rotatable bonds is 5. The fraction of sp³-hybridized carbons (Fsp3) is 0.833. The van der Waals surface area contributed by atoms with Crippen molar-refractivity contribution in [1.82, 2.24) is 20.5 Å². The summed E-state index contributed by atoms with van der Waals surface area (Å²) in [5.74, 6) is -0.111. The molecule has 2 N–H and O–H groups in total. The molecule has 4 rings (SSSR count). The normalized spacial score (nSPS) is 36.7. The standard InChI is InChI=1S/C24H37F3N6O2/c1-13(2)21(34)30-16-7-15(8-28-9-16)18-6-14(3)19-20(31-18)23(4,5)33(22(19)35)17-10-29-32(11-17)12-24(25,26)27/h8,10,13-20,31H,6-7,9,11-12H2,1-5H3,(H,30,34). The average Bonchev–Trinajstić information content (AvgIpc) is 3.26. The largest absolute Gasteiger partial charge is 0.407 e. The van der Waals surface area contributed by atoms with Crippen LogP contribution in [0, 0.1) is 23.7 Å². The zero-order valence-corrected chi connectivity index (χ0v) is 21.0. The molecule has 2 saturated heterocycles. The number of nitrogens with one attached hydrogen (secondary N) is 2. The molecule has 0 aliphatic carbocycles. The minimum atomic E-state index is -4.35. The van der Waals surface area contributed by atoms with Gasteiger partial charge in [0.05, 0.1) is 30.6 Å². The number of hydrazone groups is 1. The molecule has 0 aromatic carbocycles. The number of carbonyl (C=O) groups excluding carboxylic acids is 2. The number of piperidine rings is 1. The van der Waals surface area contributed by atoms with Crippen LogP contribution in [0.4, 0.5) is 13.2 Å². The Morgan fingerprint density at radius 3 is 2.66 bits per heavy atom. The number of fused-ring (bicyclic) bond motifs is 1. The first-order valence-corrected chi connectivity index (χ1v) is 12.5. The van der Waals surface area contributed by atoms with Crippen molar-refractivity contribution >= 4 is 24.2 Å². The van der Waals surface area contributed by atoms with Crippen LogP contribution in [0.3, 0.4) is 0 Å². The van der Waals surface area contributed by atoms with Crippen LogP contribution in [0.15, 0.2) is 10.1 Å². The van der Waals surface area contributed by atoms with E-state index in [-0.39, 0.29) is 60.2 Å². The van der Waals surface area contributed by atoms with Gasteiger partial charge in [0.1, 0.15) is 6.54 Å². The van der Waals surface area contributed by atoms with Gasteiger partial charge in [0, 0.05) is 42.4 Å². The Morgan fingerprint density at radius 1 is 1.29 bits per heavy atom. The maximum absolute atomic E-state index is 13.6. The number of alkyl halides is 3. The lowest BCUT2D eigenvalue weighted by atomic mass is 9.72. The second kappa shape index (κ2) is 9.37. The Hall–Kier alpha value is -2.17. The maximum atomic E-state index is 13.6. The molecule has 2 amide bonds.